The maximum atomic E-state index is 9.40. The fourth-order valence-corrected chi connectivity index (χ4v) is 2.12. The van der Waals surface area contributed by atoms with E-state index in [2.05, 4.69) is 16.2 Å². The number of hydrogen-bond acceptors (Lipinski definition) is 4. The van der Waals surface area contributed by atoms with Crippen LogP contribution in [-0.4, -0.2) is 21.2 Å². The number of ether oxygens (including phenoxy) is 1. The van der Waals surface area contributed by atoms with E-state index < -0.39 is 0 Å². The molecular weight excluding hydrogens is 252 g/mol. The maximum Gasteiger partial charge on any atom is 0.173 e. The van der Waals surface area contributed by atoms with Gasteiger partial charge in [-0.25, -0.2) is 9.50 Å². The zero-order chi connectivity index (χ0) is 13.9. The average molecular weight is 264 g/mol. The van der Waals surface area contributed by atoms with E-state index in [4.69, 9.17) is 4.74 Å². The molecule has 2 heterocycles. The lowest BCUT2D eigenvalue weighted by Gasteiger charge is -2.07. The monoisotopic (exact) mass is 264 g/mol. The second kappa shape index (κ2) is 5.02. The number of benzene rings is 1. The van der Waals surface area contributed by atoms with E-state index in [-0.39, 0.29) is 0 Å². The normalized spacial score (nSPS) is 10.4. The molecule has 0 fully saturated rings. The Morgan fingerprint density at radius 2 is 2.15 bits per heavy atom. The predicted octanol–water partition coefficient (Wildman–Crippen LogP) is 2.67. The van der Waals surface area contributed by atoms with Crippen LogP contribution in [0.5, 0.6) is 5.75 Å². The Kier molecular flexibility index (Phi) is 3.05. The molecule has 98 valence electrons. The molecule has 20 heavy (non-hydrogen) atoms. The van der Waals surface area contributed by atoms with Crippen LogP contribution in [0.2, 0.25) is 0 Å². The van der Waals surface area contributed by atoms with Crippen LogP contribution in [0.4, 0.5) is 0 Å². The quantitative estimate of drug-likeness (QED) is 0.729. The number of nitrogens with zero attached hydrogens (tertiary/aromatic N) is 4. The highest BCUT2D eigenvalue weighted by Crippen LogP contribution is 2.32. The van der Waals surface area contributed by atoms with E-state index in [1.807, 2.05) is 31.2 Å². The van der Waals surface area contributed by atoms with Gasteiger partial charge in [-0.05, 0) is 25.1 Å². The summed E-state index contributed by atoms with van der Waals surface area (Å²) in [6, 6.07) is 11.5. The summed E-state index contributed by atoms with van der Waals surface area (Å²) < 4.78 is 7.22. The largest absolute Gasteiger partial charge is 0.493 e. The molecule has 0 aliphatic carbocycles. The predicted molar refractivity (Wildman–Crippen MR) is 74.3 cm³/mol. The highest BCUT2D eigenvalue weighted by Gasteiger charge is 2.17. The number of nitriles is 1. The summed E-state index contributed by atoms with van der Waals surface area (Å²) in [5.74, 6) is 0.718. The van der Waals surface area contributed by atoms with E-state index in [1.165, 1.54) is 0 Å². The maximum absolute atomic E-state index is 9.40. The van der Waals surface area contributed by atoms with E-state index in [0.717, 1.165) is 11.3 Å². The fraction of sp³-hybridized carbons (Fsp3) is 0.133. The molecule has 0 saturated heterocycles. The topological polar surface area (TPSA) is 63.2 Å². The molecule has 0 unspecified atom stereocenters. The van der Waals surface area contributed by atoms with Crippen LogP contribution in [0, 0.1) is 11.3 Å². The van der Waals surface area contributed by atoms with Crippen LogP contribution in [-0.2, 0) is 0 Å². The third kappa shape index (κ3) is 1.88. The first-order valence-electron chi connectivity index (χ1n) is 6.30. The second-order valence-corrected chi connectivity index (χ2v) is 4.15. The Labute approximate surface area is 116 Å². The van der Waals surface area contributed by atoms with Crippen LogP contribution in [0.15, 0.2) is 42.7 Å². The number of rotatable bonds is 3. The van der Waals surface area contributed by atoms with Gasteiger partial charge >= 0.3 is 0 Å². The van der Waals surface area contributed by atoms with Gasteiger partial charge < -0.3 is 4.74 Å². The molecule has 5 heteroatoms. The lowest BCUT2D eigenvalue weighted by Crippen LogP contribution is -1.95. The van der Waals surface area contributed by atoms with Crippen LogP contribution >= 0.6 is 0 Å². The van der Waals surface area contributed by atoms with Crippen molar-refractivity contribution in [1.29, 1.82) is 5.26 Å². The molecule has 0 radical (unpaired) electrons. The van der Waals surface area contributed by atoms with Crippen molar-refractivity contribution in [1.82, 2.24) is 14.6 Å². The summed E-state index contributed by atoms with van der Waals surface area (Å²) in [6.45, 7) is 2.48. The molecule has 2 aromatic heterocycles. The third-order valence-corrected chi connectivity index (χ3v) is 2.95. The zero-order valence-corrected chi connectivity index (χ0v) is 10.9. The van der Waals surface area contributed by atoms with E-state index >= 15 is 0 Å². The Balaban J connectivity index is 2.27. The molecular formula is C15H12N4O. The molecule has 0 aliphatic rings. The second-order valence-electron chi connectivity index (χ2n) is 4.15. The molecule has 0 N–H and O–H groups in total. The minimum atomic E-state index is 0.456. The lowest BCUT2D eigenvalue weighted by molar-refractivity contribution is 0.341. The SMILES string of the molecule is CCOc1ccccc1-c1nn2cccnc2c1C#N. The van der Waals surface area contributed by atoms with Gasteiger partial charge in [0.15, 0.2) is 5.65 Å². The lowest BCUT2D eigenvalue weighted by atomic mass is 10.1. The van der Waals surface area contributed by atoms with Gasteiger partial charge in [-0.3, -0.25) is 0 Å². The Morgan fingerprint density at radius 1 is 1.30 bits per heavy atom. The highest BCUT2D eigenvalue weighted by molar-refractivity contribution is 5.78. The first-order valence-corrected chi connectivity index (χ1v) is 6.30. The first-order chi connectivity index (χ1) is 9.85. The summed E-state index contributed by atoms with van der Waals surface area (Å²) in [7, 11) is 0. The minimum absolute atomic E-state index is 0.456. The van der Waals surface area contributed by atoms with Crippen LogP contribution in [0.1, 0.15) is 12.5 Å². The molecule has 0 saturated carbocycles. The van der Waals surface area contributed by atoms with Crippen molar-refractivity contribution in [3.8, 4) is 23.1 Å². The van der Waals surface area contributed by atoms with Crippen molar-refractivity contribution in [2.75, 3.05) is 6.61 Å². The van der Waals surface area contributed by atoms with Gasteiger partial charge in [-0.15, -0.1) is 0 Å². The number of fused-ring (bicyclic) bond motifs is 1. The smallest absolute Gasteiger partial charge is 0.173 e. The fourth-order valence-electron chi connectivity index (χ4n) is 2.12. The Morgan fingerprint density at radius 3 is 2.95 bits per heavy atom. The van der Waals surface area contributed by atoms with Crippen molar-refractivity contribution in [2.45, 2.75) is 6.92 Å². The van der Waals surface area contributed by atoms with E-state index in [0.29, 0.717) is 23.5 Å². The van der Waals surface area contributed by atoms with Gasteiger partial charge in [0.05, 0.1) is 6.61 Å². The Hall–Kier alpha value is -2.87. The molecule has 1 aromatic carbocycles. The van der Waals surface area contributed by atoms with Crippen molar-refractivity contribution in [3.63, 3.8) is 0 Å². The highest BCUT2D eigenvalue weighted by atomic mass is 16.5. The summed E-state index contributed by atoms with van der Waals surface area (Å²) in [4.78, 5) is 4.21. The first kappa shape index (κ1) is 12.2. The summed E-state index contributed by atoms with van der Waals surface area (Å²) in [5.41, 5.74) is 2.40. The number of hydrogen-bond donors (Lipinski definition) is 0. The van der Waals surface area contributed by atoms with Gasteiger partial charge in [0.1, 0.15) is 23.1 Å². The van der Waals surface area contributed by atoms with Crippen LogP contribution in [0.25, 0.3) is 16.9 Å². The molecule has 3 aromatic rings. The van der Waals surface area contributed by atoms with Crippen molar-refractivity contribution < 1.29 is 4.74 Å². The van der Waals surface area contributed by atoms with Gasteiger partial charge in [0, 0.05) is 18.0 Å². The number of para-hydroxylation sites is 1. The van der Waals surface area contributed by atoms with Gasteiger partial charge in [0.2, 0.25) is 0 Å². The van der Waals surface area contributed by atoms with Crippen LogP contribution in [0.3, 0.4) is 0 Å². The summed E-state index contributed by atoms with van der Waals surface area (Å²) in [6.07, 6.45) is 3.42. The molecule has 0 bridgehead atoms. The van der Waals surface area contributed by atoms with Gasteiger partial charge in [0.25, 0.3) is 0 Å². The Bertz CT molecular complexity index is 801. The molecule has 3 rings (SSSR count). The van der Waals surface area contributed by atoms with Crippen molar-refractivity contribution in [3.05, 3.63) is 48.3 Å². The molecule has 0 atom stereocenters. The van der Waals surface area contributed by atoms with E-state index in [9.17, 15) is 5.26 Å². The summed E-state index contributed by atoms with van der Waals surface area (Å²) in [5, 5.41) is 13.9. The van der Waals surface area contributed by atoms with Crippen molar-refractivity contribution >= 4 is 5.65 Å². The third-order valence-electron chi connectivity index (χ3n) is 2.95. The number of aromatic nitrogens is 3. The van der Waals surface area contributed by atoms with Crippen LogP contribution < -0.4 is 4.74 Å². The minimum Gasteiger partial charge on any atom is -0.493 e. The molecule has 0 spiro atoms. The molecule has 5 nitrogen and oxygen atoms in total. The van der Waals surface area contributed by atoms with Gasteiger partial charge in [-0.1, -0.05) is 12.1 Å². The van der Waals surface area contributed by atoms with E-state index in [1.54, 1.807) is 23.0 Å². The average Bonchev–Trinajstić information content (AvgIpc) is 2.86. The zero-order valence-electron chi connectivity index (χ0n) is 10.9. The van der Waals surface area contributed by atoms with Crippen molar-refractivity contribution in [2.24, 2.45) is 0 Å². The van der Waals surface area contributed by atoms with Gasteiger partial charge in [-0.2, -0.15) is 10.4 Å². The molecule has 0 amide bonds. The molecule has 0 aliphatic heterocycles. The standard InChI is InChI=1S/C15H12N4O/c1-2-20-13-7-4-3-6-11(13)14-12(10-16)15-17-8-5-9-19(15)18-14/h3-9H,2H2,1H3. The summed E-state index contributed by atoms with van der Waals surface area (Å²) >= 11 is 0.